The zero-order chi connectivity index (χ0) is 15.6. The van der Waals surface area contributed by atoms with E-state index in [0.717, 1.165) is 25.3 Å². The molecule has 24 heavy (non-hydrogen) atoms. The summed E-state index contributed by atoms with van der Waals surface area (Å²) in [5.74, 6) is 0.877. The Hall–Kier alpha value is -1.28. The Morgan fingerprint density at radius 2 is 2.21 bits per heavy atom. The van der Waals surface area contributed by atoms with E-state index in [1.165, 1.54) is 29.4 Å². The molecule has 2 aliphatic rings. The van der Waals surface area contributed by atoms with Gasteiger partial charge in [0.1, 0.15) is 0 Å². The van der Waals surface area contributed by atoms with Crippen molar-refractivity contribution in [2.45, 2.75) is 43.9 Å². The number of nitrogens with one attached hydrogen (secondary N) is 3. The summed E-state index contributed by atoms with van der Waals surface area (Å²) < 4.78 is 5.89. The van der Waals surface area contributed by atoms with Gasteiger partial charge in [0.15, 0.2) is 5.96 Å². The van der Waals surface area contributed by atoms with Gasteiger partial charge in [-0.3, -0.25) is 4.99 Å². The molecule has 0 spiro atoms. The third-order valence-electron chi connectivity index (χ3n) is 4.92. The van der Waals surface area contributed by atoms with Gasteiger partial charge in [-0.25, -0.2) is 0 Å². The highest BCUT2D eigenvalue weighted by atomic mass is 127. The lowest BCUT2D eigenvalue weighted by Crippen LogP contribution is -2.47. The molecule has 5 nitrogen and oxygen atoms in total. The van der Waals surface area contributed by atoms with E-state index in [-0.39, 0.29) is 24.0 Å². The molecular formula is C18H25IN4O. The Balaban J connectivity index is 0.00000169. The highest BCUT2D eigenvalue weighted by Gasteiger charge is 2.41. The van der Waals surface area contributed by atoms with Crippen molar-refractivity contribution in [1.82, 2.24) is 15.6 Å². The highest BCUT2D eigenvalue weighted by molar-refractivity contribution is 14.0. The molecule has 130 valence electrons. The van der Waals surface area contributed by atoms with E-state index in [1.807, 2.05) is 7.05 Å². The van der Waals surface area contributed by atoms with E-state index >= 15 is 0 Å². The average molecular weight is 440 g/mol. The van der Waals surface area contributed by atoms with Crippen LogP contribution in [0, 0.1) is 0 Å². The average Bonchev–Trinajstić information content (AvgIpc) is 3.28. The van der Waals surface area contributed by atoms with Crippen molar-refractivity contribution in [3.05, 3.63) is 36.0 Å². The highest BCUT2D eigenvalue weighted by Crippen LogP contribution is 2.34. The maximum atomic E-state index is 5.89. The Labute approximate surface area is 159 Å². The number of halogens is 1. The van der Waals surface area contributed by atoms with Crippen LogP contribution in [0.4, 0.5) is 0 Å². The van der Waals surface area contributed by atoms with Gasteiger partial charge in [-0.05, 0) is 36.8 Å². The van der Waals surface area contributed by atoms with Gasteiger partial charge in [0.25, 0.3) is 0 Å². The lowest BCUT2D eigenvalue weighted by Gasteiger charge is -2.22. The van der Waals surface area contributed by atoms with Crippen molar-refractivity contribution in [2.75, 3.05) is 13.6 Å². The van der Waals surface area contributed by atoms with Crippen LogP contribution in [0.1, 0.15) is 25.0 Å². The van der Waals surface area contributed by atoms with Crippen LogP contribution in [0.5, 0.6) is 0 Å². The number of fused-ring (bicyclic) bond motifs is 3. The summed E-state index contributed by atoms with van der Waals surface area (Å²) in [6.07, 6.45) is 5.27. The number of hydrogen-bond donors (Lipinski definition) is 3. The summed E-state index contributed by atoms with van der Waals surface area (Å²) in [6, 6.07) is 11.0. The van der Waals surface area contributed by atoms with E-state index in [1.54, 1.807) is 0 Å². The Bertz CT molecular complexity index is 681. The van der Waals surface area contributed by atoms with Crippen molar-refractivity contribution in [1.29, 1.82) is 0 Å². The molecule has 2 aliphatic heterocycles. The van der Waals surface area contributed by atoms with Crippen LogP contribution in [0.15, 0.2) is 35.3 Å². The summed E-state index contributed by atoms with van der Waals surface area (Å²) in [6.45, 7) is 0.855. The molecule has 1 aromatic carbocycles. The normalized spacial score (nSPS) is 25.7. The van der Waals surface area contributed by atoms with Crippen LogP contribution in [0.3, 0.4) is 0 Å². The van der Waals surface area contributed by atoms with Gasteiger partial charge in [-0.1, -0.05) is 18.2 Å². The van der Waals surface area contributed by atoms with Crippen LogP contribution in [-0.4, -0.2) is 42.8 Å². The fraction of sp³-hybridized carbons (Fsp3) is 0.500. The summed E-state index contributed by atoms with van der Waals surface area (Å²) in [7, 11) is 1.83. The lowest BCUT2D eigenvalue weighted by molar-refractivity contribution is 0.0992. The number of H-pyrrole nitrogens is 1. The van der Waals surface area contributed by atoms with Gasteiger partial charge in [-0.15, -0.1) is 24.0 Å². The molecule has 0 amide bonds. The van der Waals surface area contributed by atoms with Gasteiger partial charge < -0.3 is 20.4 Å². The smallest absolute Gasteiger partial charge is 0.191 e. The van der Waals surface area contributed by atoms with Crippen molar-refractivity contribution in [2.24, 2.45) is 4.99 Å². The number of aromatic amines is 1. The minimum Gasteiger partial charge on any atom is -0.373 e. The number of para-hydroxylation sites is 1. The minimum atomic E-state index is 0. The first-order valence-corrected chi connectivity index (χ1v) is 8.51. The van der Waals surface area contributed by atoms with E-state index in [9.17, 15) is 0 Å². The van der Waals surface area contributed by atoms with Gasteiger partial charge in [0, 0.05) is 31.2 Å². The monoisotopic (exact) mass is 440 g/mol. The molecule has 0 saturated carbocycles. The zero-order valence-corrected chi connectivity index (χ0v) is 16.2. The fourth-order valence-corrected chi connectivity index (χ4v) is 3.74. The van der Waals surface area contributed by atoms with E-state index in [4.69, 9.17) is 4.74 Å². The lowest BCUT2D eigenvalue weighted by atomic mass is 9.96. The molecule has 3 heterocycles. The molecule has 2 aromatic rings. The maximum Gasteiger partial charge on any atom is 0.191 e. The second-order valence-corrected chi connectivity index (χ2v) is 6.49. The van der Waals surface area contributed by atoms with Crippen molar-refractivity contribution in [3.63, 3.8) is 0 Å². The molecule has 3 N–H and O–H groups in total. The molecule has 3 unspecified atom stereocenters. The van der Waals surface area contributed by atoms with Crippen LogP contribution in [0.25, 0.3) is 10.9 Å². The van der Waals surface area contributed by atoms with E-state index < -0.39 is 0 Å². The number of nitrogens with zero attached hydrogens (tertiary/aromatic N) is 1. The maximum absolute atomic E-state index is 5.89. The SMILES string of the molecule is CN=C(NCCc1cc2ccccc2[nH]1)NC1CC2CCC1O2.I. The van der Waals surface area contributed by atoms with Crippen LogP contribution in [-0.2, 0) is 11.2 Å². The third kappa shape index (κ3) is 3.69. The summed E-state index contributed by atoms with van der Waals surface area (Å²) in [4.78, 5) is 7.80. The predicted octanol–water partition coefficient (Wildman–Crippen LogP) is 2.81. The van der Waals surface area contributed by atoms with Crippen LogP contribution >= 0.6 is 24.0 Å². The molecule has 4 rings (SSSR count). The summed E-state index contributed by atoms with van der Waals surface area (Å²) in [5.41, 5.74) is 2.45. The van der Waals surface area contributed by atoms with Gasteiger partial charge in [0.05, 0.1) is 18.2 Å². The molecular weight excluding hydrogens is 415 g/mol. The van der Waals surface area contributed by atoms with Crippen molar-refractivity contribution in [3.8, 4) is 0 Å². The zero-order valence-electron chi connectivity index (χ0n) is 13.9. The Morgan fingerprint density at radius 1 is 1.33 bits per heavy atom. The summed E-state index contributed by atoms with van der Waals surface area (Å²) in [5, 5.41) is 8.19. The quantitative estimate of drug-likeness (QED) is 0.390. The van der Waals surface area contributed by atoms with Gasteiger partial charge in [-0.2, -0.15) is 0 Å². The largest absolute Gasteiger partial charge is 0.373 e. The number of aliphatic imine (C=N–C) groups is 1. The molecule has 3 atom stereocenters. The molecule has 2 bridgehead atoms. The third-order valence-corrected chi connectivity index (χ3v) is 4.92. The van der Waals surface area contributed by atoms with Gasteiger partial charge in [0.2, 0.25) is 0 Å². The van der Waals surface area contributed by atoms with E-state index in [0.29, 0.717) is 18.2 Å². The number of aromatic nitrogens is 1. The molecule has 2 saturated heterocycles. The fourth-order valence-electron chi connectivity index (χ4n) is 3.74. The predicted molar refractivity (Wildman–Crippen MR) is 108 cm³/mol. The Morgan fingerprint density at radius 3 is 2.92 bits per heavy atom. The second-order valence-electron chi connectivity index (χ2n) is 6.49. The van der Waals surface area contributed by atoms with Crippen LogP contribution < -0.4 is 10.6 Å². The van der Waals surface area contributed by atoms with Crippen LogP contribution in [0.2, 0.25) is 0 Å². The number of guanidine groups is 1. The molecule has 6 heteroatoms. The molecule has 2 fully saturated rings. The molecule has 0 radical (unpaired) electrons. The first kappa shape index (κ1) is 17.5. The number of benzene rings is 1. The topological polar surface area (TPSA) is 61.4 Å². The van der Waals surface area contributed by atoms with Gasteiger partial charge >= 0.3 is 0 Å². The number of ether oxygens (including phenoxy) is 1. The second kappa shape index (κ2) is 7.74. The number of hydrogen-bond acceptors (Lipinski definition) is 2. The van der Waals surface area contributed by atoms with Crippen molar-refractivity contribution < 1.29 is 4.74 Å². The van der Waals surface area contributed by atoms with E-state index in [2.05, 4.69) is 50.9 Å². The number of rotatable bonds is 4. The van der Waals surface area contributed by atoms with Crippen molar-refractivity contribution >= 4 is 40.8 Å². The standard InChI is InChI=1S/C18H24N4O.HI/c1-19-18(22-16-11-14-6-7-17(16)23-14)20-9-8-13-10-12-4-2-3-5-15(12)21-13;/h2-5,10,14,16-17,21H,6-9,11H2,1H3,(H2,19,20,22);1H. The molecule has 1 aromatic heterocycles. The Kier molecular flexibility index (Phi) is 5.65. The molecule has 0 aliphatic carbocycles. The summed E-state index contributed by atoms with van der Waals surface area (Å²) >= 11 is 0. The minimum absolute atomic E-state index is 0. The first-order chi connectivity index (χ1) is 11.3. The first-order valence-electron chi connectivity index (χ1n) is 8.51.